The molecule has 1 aliphatic heterocycles. The molecule has 0 radical (unpaired) electrons. The van der Waals surface area contributed by atoms with E-state index in [0.717, 1.165) is 0 Å². The summed E-state index contributed by atoms with van der Waals surface area (Å²) in [6, 6.07) is 4.87. The van der Waals surface area contributed by atoms with Gasteiger partial charge in [0, 0.05) is 13.2 Å². The number of amides is 1. The number of benzene rings is 1. The molecule has 1 aromatic carbocycles. The lowest BCUT2D eigenvalue weighted by Crippen LogP contribution is -2.34. The maximum atomic E-state index is 11.8. The second kappa shape index (κ2) is 4.47. The molecule has 5 heteroatoms. The number of ketones is 1. The van der Waals surface area contributed by atoms with Gasteiger partial charge in [0.15, 0.2) is 0 Å². The second-order valence-electron chi connectivity index (χ2n) is 4.17. The number of rotatable bonds is 3. The van der Waals surface area contributed by atoms with Crippen molar-refractivity contribution in [2.45, 2.75) is 6.92 Å². The van der Waals surface area contributed by atoms with Crippen LogP contribution in [0.3, 0.4) is 0 Å². The Balaban J connectivity index is 2.43. The topological polar surface area (TPSA) is 57.6 Å². The van der Waals surface area contributed by atoms with Gasteiger partial charge in [-0.05, 0) is 18.1 Å². The molecular weight excluding hydrogens is 242 g/mol. The fourth-order valence-electron chi connectivity index (χ4n) is 1.86. The number of halogens is 1. The first-order valence-corrected chi connectivity index (χ1v) is 5.69. The number of nitrogens with zero attached hydrogens (tertiary/aromatic N) is 1. The zero-order valence-electron chi connectivity index (χ0n) is 9.31. The SMILES string of the molecule is CC(CO)CN1C(=O)C(=O)c2cccc(Cl)c21. The molecule has 1 aromatic rings. The van der Waals surface area contributed by atoms with Crippen molar-refractivity contribution in [2.24, 2.45) is 5.92 Å². The molecule has 0 aromatic heterocycles. The van der Waals surface area contributed by atoms with Crippen LogP contribution >= 0.6 is 11.6 Å². The monoisotopic (exact) mass is 253 g/mol. The van der Waals surface area contributed by atoms with Crippen molar-refractivity contribution >= 4 is 29.0 Å². The van der Waals surface area contributed by atoms with Crippen LogP contribution in [0.2, 0.25) is 5.02 Å². The van der Waals surface area contributed by atoms with E-state index in [1.807, 2.05) is 0 Å². The molecule has 90 valence electrons. The Hall–Kier alpha value is -1.39. The first-order valence-electron chi connectivity index (χ1n) is 5.31. The van der Waals surface area contributed by atoms with Gasteiger partial charge < -0.3 is 10.0 Å². The maximum Gasteiger partial charge on any atom is 0.299 e. The lowest BCUT2D eigenvalue weighted by atomic mass is 10.1. The molecule has 1 atom stereocenters. The number of anilines is 1. The van der Waals surface area contributed by atoms with Crippen LogP contribution in [0.15, 0.2) is 18.2 Å². The molecule has 0 spiro atoms. The van der Waals surface area contributed by atoms with E-state index in [9.17, 15) is 9.59 Å². The fourth-order valence-corrected chi connectivity index (χ4v) is 2.13. The Morgan fingerprint density at radius 1 is 1.41 bits per heavy atom. The molecule has 0 fully saturated rings. The van der Waals surface area contributed by atoms with Crippen molar-refractivity contribution in [1.29, 1.82) is 0 Å². The zero-order valence-corrected chi connectivity index (χ0v) is 10.1. The molecule has 1 heterocycles. The third-order valence-electron chi connectivity index (χ3n) is 2.75. The number of carbonyl (C=O) groups excluding carboxylic acids is 2. The maximum absolute atomic E-state index is 11.8. The highest BCUT2D eigenvalue weighted by Crippen LogP contribution is 2.35. The number of Topliss-reactive ketones (excluding diaryl/α,β-unsaturated/α-hetero) is 1. The lowest BCUT2D eigenvalue weighted by molar-refractivity contribution is -0.114. The molecule has 0 bridgehead atoms. The van der Waals surface area contributed by atoms with Gasteiger partial charge in [0.2, 0.25) is 0 Å². The quantitative estimate of drug-likeness (QED) is 0.831. The molecular formula is C12H12ClNO3. The van der Waals surface area contributed by atoms with E-state index in [1.165, 1.54) is 4.90 Å². The summed E-state index contributed by atoms with van der Waals surface area (Å²) in [5.74, 6) is -1.21. The molecule has 2 rings (SSSR count). The Bertz CT molecular complexity index is 487. The van der Waals surface area contributed by atoms with Gasteiger partial charge in [-0.1, -0.05) is 24.6 Å². The van der Waals surface area contributed by atoms with Crippen molar-refractivity contribution in [3.8, 4) is 0 Å². The van der Waals surface area contributed by atoms with Crippen LogP contribution in [0.4, 0.5) is 5.69 Å². The van der Waals surface area contributed by atoms with Gasteiger partial charge >= 0.3 is 0 Å². The molecule has 1 amide bonds. The summed E-state index contributed by atoms with van der Waals surface area (Å²) >= 11 is 6.01. The van der Waals surface area contributed by atoms with Crippen molar-refractivity contribution in [3.63, 3.8) is 0 Å². The first-order chi connectivity index (χ1) is 8.06. The van der Waals surface area contributed by atoms with Crippen molar-refractivity contribution < 1.29 is 14.7 Å². The summed E-state index contributed by atoms with van der Waals surface area (Å²) in [4.78, 5) is 24.9. The van der Waals surface area contributed by atoms with Crippen molar-refractivity contribution in [1.82, 2.24) is 0 Å². The third-order valence-corrected chi connectivity index (χ3v) is 3.05. The molecule has 0 saturated heterocycles. The summed E-state index contributed by atoms with van der Waals surface area (Å²) < 4.78 is 0. The van der Waals surface area contributed by atoms with E-state index in [0.29, 0.717) is 16.3 Å². The second-order valence-corrected chi connectivity index (χ2v) is 4.58. The Labute approximate surface area is 104 Å². The van der Waals surface area contributed by atoms with Crippen LogP contribution < -0.4 is 4.90 Å². The zero-order chi connectivity index (χ0) is 12.6. The highest BCUT2D eigenvalue weighted by molar-refractivity contribution is 6.54. The van der Waals surface area contributed by atoms with Gasteiger partial charge in [-0.3, -0.25) is 9.59 Å². The largest absolute Gasteiger partial charge is 0.396 e. The van der Waals surface area contributed by atoms with Crippen LogP contribution in [-0.2, 0) is 4.79 Å². The molecule has 1 unspecified atom stereocenters. The minimum atomic E-state index is -0.576. The Morgan fingerprint density at radius 3 is 2.76 bits per heavy atom. The normalized spacial score (nSPS) is 16.3. The number of carbonyl (C=O) groups is 2. The average molecular weight is 254 g/mol. The van der Waals surface area contributed by atoms with Crippen LogP contribution in [0.5, 0.6) is 0 Å². The summed E-state index contributed by atoms with van der Waals surface area (Å²) in [5.41, 5.74) is 0.803. The minimum absolute atomic E-state index is 0.0439. The van der Waals surface area contributed by atoms with E-state index in [2.05, 4.69) is 0 Å². The number of hydrogen-bond donors (Lipinski definition) is 1. The summed E-state index contributed by atoms with van der Waals surface area (Å²) in [6.45, 7) is 2.04. The van der Waals surface area contributed by atoms with Gasteiger partial charge in [0.05, 0.1) is 16.3 Å². The lowest BCUT2D eigenvalue weighted by Gasteiger charge is -2.20. The fraction of sp³-hybridized carbons (Fsp3) is 0.333. The van der Waals surface area contributed by atoms with Crippen molar-refractivity contribution in [3.05, 3.63) is 28.8 Å². The molecule has 0 saturated carbocycles. The van der Waals surface area contributed by atoms with E-state index in [-0.39, 0.29) is 19.1 Å². The highest BCUT2D eigenvalue weighted by atomic mass is 35.5. The van der Waals surface area contributed by atoms with Crippen molar-refractivity contribution in [2.75, 3.05) is 18.1 Å². The molecule has 4 nitrogen and oxygen atoms in total. The van der Waals surface area contributed by atoms with E-state index in [1.54, 1.807) is 25.1 Å². The van der Waals surface area contributed by atoms with Gasteiger partial charge in [-0.2, -0.15) is 0 Å². The van der Waals surface area contributed by atoms with Crippen LogP contribution in [-0.4, -0.2) is 29.9 Å². The van der Waals surface area contributed by atoms with Gasteiger partial charge in [0.25, 0.3) is 11.7 Å². The van der Waals surface area contributed by atoms with Gasteiger partial charge in [0.1, 0.15) is 0 Å². The van der Waals surface area contributed by atoms with Gasteiger partial charge in [-0.15, -0.1) is 0 Å². The van der Waals surface area contributed by atoms with Crippen LogP contribution in [0, 0.1) is 5.92 Å². The molecule has 17 heavy (non-hydrogen) atoms. The highest BCUT2D eigenvalue weighted by Gasteiger charge is 2.37. The predicted molar refractivity (Wildman–Crippen MR) is 64.4 cm³/mol. The van der Waals surface area contributed by atoms with E-state index < -0.39 is 11.7 Å². The predicted octanol–water partition coefficient (Wildman–Crippen LogP) is 1.50. The number of aliphatic hydroxyl groups excluding tert-OH is 1. The number of fused-ring (bicyclic) bond motifs is 1. The van der Waals surface area contributed by atoms with E-state index >= 15 is 0 Å². The number of hydrogen-bond acceptors (Lipinski definition) is 3. The first kappa shape index (κ1) is 12.1. The Morgan fingerprint density at radius 2 is 2.12 bits per heavy atom. The summed E-state index contributed by atoms with van der Waals surface area (Å²) in [5, 5.41) is 9.39. The molecule has 1 N–H and O–H groups in total. The third kappa shape index (κ3) is 1.94. The standard InChI is InChI=1S/C12H12ClNO3/c1-7(6-15)5-14-10-8(11(16)12(14)17)3-2-4-9(10)13/h2-4,7,15H,5-6H2,1H3. The number of para-hydroxylation sites is 1. The summed E-state index contributed by atoms with van der Waals surface area (Å²) in [6.07, 6.45) is 0. The van der Waals surface area contributed by atoms with Crippen LogP contribution in [0.1, 0.15) is 17.3 Å². The number of aliphatic hydroxyl groups is 1. The smallest absolute Gasteiger partial charge is 0.299 e. The van der Waals surface area contributed by atoms with Crippen LogP contribution in [0.25, 0.3) is 0 Å². The average Bonchev–Trinajstić information content (AvgIpc) is 2.56. The summed E-state index contributed by atoms with van der Waals surface area (Å²) in [7, 11) is 0. The van der Waals surface area contributed by atoms with Gasteiger partial charge in [-0.25, -0.2) is 0 Å². The molecule has 1 aliphatic rings. The Kier molecular flexibility index (Phi) is 3.17. The molecule has 0 aliphatic carbocycles. The minimum Gasteiger partial charge on any atom is -0.396 e. The van der Waals surface area contributed by atoms with E-state index in [4.69, 9.17) is 16.7 Å².